The summed E-state index contributed by atoms with van der Waals surface area (Å²) in [7, 11) is 1.61. The minimum absolute atomic E-state index is 0.355. The number of ether oxygens (including phenoxy) is 1. The summed E-state index contributed by atoms with van der Waals surface area (Å²) in [6.45, 7) is 1.68. The number of rotatable bonds is 8. The van der Waals surface area contributed by atoms with Crippen molar-refractivity contribution in [3.05, 3.63) is 0 Å². The van der Waals surface area contributed by atoms with Gasteiger partial charge in [0, 0.05) is 26.6 Å². The summed E-state index contributed by atoms with van der Waals surface area (Å²) in [5.74, 6) is -0.525. The fourth-order valence-corrected chi connectivity index (χ4v) is 0.998. The molecule has 0 saturated heterocycles. The number of aliphatic imine (C=N–C) groups is 1. The second kappa shape index (κ2) is 8.93. The summed E-state index contributed by atoms with van der Waals surface area (Å²) in [4.78, 5) is 14.5. The van der Waals surface area contributed by atoms with Gasteiger partial charge in [0.15, 0.2) is 12.0 Å². The maximum Gasteiger partial charge on any atom is 0.362 e. The Morgan fingerprint density at radius 3 is 2.94 bits per heavy atom. The fraction of sp³-hybridized carbons (Fsp3) is 0.778. The number of guanidine groups is 1. The number of methoxy groups -OCH3 is 1. The van der Waals surface area contributed by atoms with Crippen LogP contribution >= 0.6 is 0 Å². The van der Waals surface area contributed by atoms with Gasteiger partial charge in [0.1, 0.15) is 0 Å². The Morgan fingerprint density at radius 2 is 2.38 bits per heavy atom. The molecule has 94 valence electrons. The van der Waals surface area contributed by atoms with E-state index in [1.54, 1.807) is 7.11 Å². The van der Waals surface area contributed by atoms with Crippen LogP contribution in [0.4, 0.5) is 0 Å². The lowest BCUT2D eigenvalue weighted by Gasteiger charge is -2.04. The number of quaternary nitrogens is 1. The van der Waals surface area contributed by atoms with Crippen LogP contribution in [0.2, 0.25) is 0 Å². The second-order valence-electron chi connectivity index (χ2n) is 3.36. The van der Waals surface area contributed by atoms with Gasteiger partial charge in [0.2, 0.25) is 0 Å². The highest BCUT2D eigenvalue weighted by atomic mass is 16.5. The molecule has 0 aromatic carbocycles. The Hall–Kier alpha value is -1.34. The first-order valence-corrected chi connectivity index (χ1v) is 5.16. The zero-order chi connectivity index (χ0) is 12.4. The number of carbonyl (C=O) groups is 1. The molecule has 0 fully saturated rings. The standard InChI is InChI=1S/C9H20N4O3/c1-16-6-5-13-9(11)12-4-2-3-7(10)8(14)15/h7H,2-6,10H2,1H3,(H,14,15)(H3,11,12,13)/p+1/t7-/m0/s1. The number of nitrogens with two attached hydrogens (primary N) is 1. The predicted octanol–water partition coefficient (Wildman–Crippen LogP) is -1.99. The molecular formula is C9H21N4O3+. The molecular weight excluding hydrogens is 212 g/mol. The number of carboxylic acid groups (broad SMARTS) is 1. The highest BCUT2D eigenvalue weighted by Gasteiger charge is 2.13. The number of aliphatic carboxylic acids is 1. The summed E-state index contributed by atoms with van der Waals surface area (Å²) >= 11 is 0. The lowest BCUT2D eigenvalue weighted by molar-refractivity contribution is -0.409. The van der Waals surface area contributed by atoms with E-state index >= 15 is 0 Å². The van der Waals surface area contributed by atoms with E-state index in [2.05, 4.69) is 16.0 Å². The molecule has 16 heavy (non-hydrogen) atoms. The molecule has 0 unspecified atom stereocenters. The van der Waals surface area contributed by atoms with Crippen molar-refractivity contribution < 1.29 is 20.4 Å². The lowest BCUT2D eigenvalue weighted by Crippen LogP contribution is -2.64. The van der Waals surface area contributed by atoms with Gasteiger partial charge in [-0.05, 0) is 6.42 Å². The first-order valence-electron chi connectivity index (χ1n) is 5.16. The summed E-state index contributed by atoms with van der Waals surface area (Å²) in [6, 6.07) is -0.571. The topological polar surface area (TPSA) is 125 Å². The molecule has 0 radical (unpaired) electrons. The average Bonchev–Trinajstić information content (AvgIpc) is 2.24. The number of nitrogens with zero attached hydrogens (tertiary/aromatic N) is 1. The highest BCUT2D eigenvalue weighted by Crippen LogP contribution is 1.93. The molecule has 7 heteroatoms. The van der Waals surface area contributed by atoms with Crippen LogP contribution in [0.1, 0.15) is 12.8 Å². The monoisotopic (exact) mass is 233 g/mol. The van der Waals surface area contributed by atoms with Crippen LogP contribution in [0.5, 0.6) is 0 Å². The van der Waals surface area contributed by atoms with E-state index in [1.807, 2.05) is 0 Å². The molecule has 7 nitrogen and oxygen atoms in total. The first-order chi connectivity index (χ1) is 7.57. The van der Waals surface area contributed by atoms with Crippen LogP contribution in [0.15, 0.2) is 4.99 Å². The van der Waals surface area contributed by atoms with Gasteiger partial charge in [-0.1, -0.05) is 0 Å². The van der Waals surface area contributed by atoms with Crippen molar-refractivity contribution in [2.75, 3.05) is 26.8 Å². The third-order valence-electron chi connectivity index (χ3n) is 1.95. The minimum atomic E-state index is -0.879. The van der Waals surface area contributed by atoms with Crippen LogP contribution < -0.4 is 16.8 Å². The Morgan fingerprint density at radius 1 is 1.69 bits per heavy atom. The summed E-state index contributed by atoms with van der Waals surface area (Å²) in [5.41, 5.74) is 9.05. The van der Waals surface area contributed by atoms with Crippen molar-refractivity contribution in [2.24, 2.45) is 10.7 Å². The van der Waals surface area contributed by atoms with Gasteiger partial charge in [0.05, 0.1) is 6.61 Å². The quantitative estimate of drug-likeness (QED) is 0.219. The average molecular weight is 233 g/mol. The Bertz CT molecular complexity index is 233. The molecule has 0 spiro atoms. The van der Waals surface area contributed by atoms with E-state index in [4.69, 9.17) is 15.6 Å². The highest BCUT2D eigenvalue weighted by molar-refractivity contribution is 5.77. The lowest BCUT2D eigenvalue weighted by atomic mass is 10.2. The number of hydrogen-bond donors (Lipinski definition) is 4. The number of carboxylic acids is 1. The smallest absolute Gasteiger partial charge is 0.362 e. The fourth-order valence-electron chi connectivity index (χ4n) is 0.998. The summed E-state index contributed by atoms with van der Waals surface area (Å²) < 4.78 is 4.83. The van der Waals surface area contributed by atoms with Crippen LogP contribution in [-0.2, 0) is 9.53 Å². The molecule has 0 aliphatic heterocycles. The van der Waals surface area contributed by atoms with Gasteiger partial charge in [-0.2, -0.15) is 0 Å². The van der Waals surface area contributed by atoms with Gasteiger partial charge in [-0.3, -0.25) is 4.99 Å². The molecule has 0 saturated carbocycles. The van der Waals surface area contributed by atoms with Crippen LogP contribution in [0, 0.1) is 0 Å². The van der Waals surface area contributed by atoms with Crippen LogP contribution in [0.3, 0.4) is 0 Å². The van der Waals surface area contributed by atoms with E-state index in [0.29, 0.717) is 38.5 Å². The van der Waals surface area contributed by atoms with E-state index in [-0.39, 0.29) is 0 Å². The van der Waals surface area contributed by atoms with Gasteiger partial charge < -0.3 is 26.6 Å². The second-order valence-corrected chi connectivity index (χ2v) is 3.36. The Kier molecular flexibility index (Phi) is 8.18. The molecule has 0 aliphatic carbocycles. The molecule has 0 amide bonds. The van der Waals surface area contributed by atoms with Crippen molar-refractivity contribution in [2.45, 2.75) is 18.9 Å². The third-order valence-corrected chi connectivity index (χ3v) is 1.95. The maximum atomic E-state index is 10.5. The number of nitrogens with one attached hydrogen (secondary N) is 1. The van der Waals surface area contributed by atoms with Crippen LogP contribution in [-0.4, -0.2) is 49.9 Å². The van der Waals surface area contributed by atoms with E-state index in [0.717, 1.165) is 0 Å². The van der Waals surface area contributed by atoms with Gasteiger partial charge >= 0.3 is 5.97 Å². The van der Waals surface area contributed by atoms with Crippen molar-refractivity contribution in [3.63, 3.8) is 0 Å². The zero-order valence-corrected chi connectivity index (χ0v) is 9.61. The largest absolute Gasteiger partial charge is 0.477 e. The van der Waals surface area contributed by atoms with Gasteiger partial charge in [-0.15, -0.1) is 0 Å². The van der Waals surface area contributed by atoms with Crippen molar-refractivity contribution in [1.29, 1.82) is 0 Å². The molecule has 0 aliphatic rings. The number of hydrogen-bond acceptors (Lipinski definition) is 3. The normalized spacial score (nSPS) is 13.5. The van der Waals surface area contributed by atoms with Crippen LogP contribution in [0.25, 0.3) is 0 Å². The van der Waals surface area contributed by atoms with Gasteiger partial charge in [0.25, 0.3) is 0 Å². The zero-order valence-electron chi connectivity index (χ0n) is 9.61. The van der Waals surface area contributed by atoms with E-state index in [1.165, 1.54) is 0 Å². The molecule has 1 atom stereocenters. The van der Waals surface area contributed by atoms with Crippen molar-refractivity contribution >= 4 is 11.9 Å². The van der Waals surface area contributed by atoms with Crippen molar-refractivity contribution in [3.8, 4) is 0 Å². The summed E-state index contributed by atoms with van der Waals surface area (Å²) in [6.07, 6.45) is 1.16. The molecule has 0 rings (SSSR count). The van der Waals surface area contributed by atoms with E-state index in [9.17, 15) is 4.79 Å². The minimum Gasteiger partial charge on any atom is -0.477 e. The molecule has 0 bridgehead atoms. The molecule has 0 heterocycles. The van der Waals surface area contributed by atoms with Crippen molar-refractivity contribution in [1.82, 2.24) is 5.32 Å². The predicted molar refractivity (Wildman–Crippen MR) is 59.9 cm³/mol. The molecule has 0 aromatic rings. The molecule has 0 aromatic heterocycles. The van der Waals surface area contributed by atoms with Gasteiger partial charge in [-0.25, -0.2) is 4.79 Å². The third kappa shape index (κ3) is 8.01. The maximum absolute atomic E-state index is 10.5. The SMILES string of the molecule is COCCNC(N)=NCCC[C@H]([NH3+])C(=O)O. The van der Waals surface area contributed by atoms with E-state index < -0.39 is 12.0 Å². The Labute approximate surface area is 94.9 Å². The molecule has 7 N–H and O–H groups in total. The Balaban J connectivity index is 3.54. The first kappa shape index (κ1) is 14.7. The summed E-state index contributed by atoms with van der Waals surface area (Å²) in [5, 5.41) is 11.4.